The minimum Gasteiger partial charge on any atom is -0.490 e. The Balaban J connectivity index is 1.29. The van der Waals surface area contributed by atoms with Crippen molar-refractivity contribution in [2.75, 3.05) is 65.9 Å². The van der Waals surface area contributed by atoms with Gasteiger partial charge in [0.2, 0.25) is 11.5 Å². The van der Waals surface area contributed by atoms with Gasteiger partial charge in [0.1, 0.15) is 11.5 Å². The van der Waals surface area contributed by atoms with E-state index < -0.39 is 18.1 Å². The van der Waals surface area contributed by atoms with Crippen LogP contribution in [0.4, 0.5) is 0 Å². The average molecular weight is 1510 g/mol. The highest BCUT2D eigenvalue weighted by molar-refractivity contribution is 5.96. The molecule has 0 radical (unpaired) electrons. The molecule has 4 amide bonds. The van der Waals surface area contributed by atoms with Gasteiger partial charge in [-0.25, -0.2) is 0 Å². The summed E-state index contributed by atoms with van der Waals surface area (Å²) in [4.78, 5) is 54.4. The summed E-state index contributed by atoms with van der Waals surface area (Å²) in [5.74, 6) is 7.00. The lowest BCUT2D eigenvalue weighted by Crippen LogP contribution is -2.43. The van der Waals surface area contributed by atoms with Gasteiger partial charge in [0.15, 0.2) is 36.2 Å². The Hall–Kier alpha value is -6.88. The SMILES string of the molecule is CC(C)CCCCCCOc1cc(C(=O)NC(C)CNC(=O)COc2ccc(C(N)c3ccc(OCC(=O)NCC(C)NC(=O)c4cc(OCCCCCCC(C)C)c(OCCCCCCC(C)C)c(OCCCCCCC(C)C)c4)cc3)cc2)cc(OCCCCCCC(C)C)c1OCCCCCCC(C)C. The fourth-order valence-corrected chi connectivity index (χ4v) is 12.6. The Bertz CT molecular complexity index is 2760. The first-order valence-corrected chi connectivity index (χ1v) is 42.5. The molecule has 17 heteroatoms. The molecule has 0 bridgehead atoms. The summed E-state index contributed by atoms with van der Waals surface area (Å²) >= 11 is 0. The van der Waals surface area contributed by atoms with Gasteiger partial charge in [-0.15, -0.1) is 0 Å². The van der Waals surface area contributed by atoms with Gasteiger partial charge in [-0.3, -0.25) is 19.2 Å². The number of hydrogen-bond donors (Lipinski definition) is 5. The zero-order valence-corrected chi connectivity index (χ0v) is 69.9. The number of rotatable bonds is 64. The molecule has 4 aromatic rings. The van der Waals surface area contributed by atoms with Gasteiger partial charge in [-0.1, -0.05) is 261 Å². The van der Waals surface area contributed by atoms with Crippen LogP contribution in [0.3, 0.4) is 0 Å². The molecule has 6 N–H and O–H groups in total. The number of ether oxygens (including phenoxy) is 8. The lowest BCUT2D eigenvalue weighted by atomic mass is 9.99. The van der Waals surface area contributed by atoms with Crippen LogP contribution in [0.5, 0.6) is 46.0 Å². The van der Waals surface area contributed by atoms with Gasteiger partial charge >= 0.3 is 0 Å². The molecule has 108 heavy (non-hydrogen) atoms. The number of unbranched alkanes of at least 4 members (excludes halogenated alkanes) is 18. The minimum atomic E-state index is -0.479. The second kappa shape index (κ2) is 56.4. The van der Waals surface area contributed by atoms with Gasteiger partial charge in [0, 0.05) is 36.3 Å². The molecular weight excluding hydrogens is 1360 g/mol. The summed E-state index contributed by atoms with van der Waals surface area (Å²) in [5.41, 5.74) is 9.19. The molecule has 0 saturated heterocycles. The highest BCUT2D eigenvalue weighted by Gasteiger charge is 2.24. The molecule has 0 fully saturated rings. The summed E-state index contributed by atoms with van der Waals surface area (Å²) < 4.78 is 50.7. The Morgan fingerprint density at radius 1 is 0.306 bits per heavy atom. The molecule has 4 rings (SSSR count). The molecule has 0 heterocycles. The smallest absolute Gasteiger partial charge is 0.258 e. The molecule has 0 aliphatic rings. The van der Waals surface area contributed by atoms with Crippen LogP contribution < -0.4 is 64.9 Å². The topological polar surface area (TPSA) is 216 Å². The van der Waals surface area contributed by atoms with E-state index in [4.69, 9.17) is 43.6 Å². The fraction of sp³-hybridized carbons (Fsp3) is 0.692. The van der Waals surface area contributed by atoms with Crippen molar-refractivity contribution in [1.29, 1.82) is 0 Å². The molecule has 0 spiro atoms. The van der Waals surface area contributed by atoms with E-state index in [0.29, 0.717) is 132 Å². The third kappa shape index (κ3) is 42.9. The second-order valence-corrected chi connectivity index (χ2v) is 32.8. The van der Waals surface area contributed by atoms with Gasteiger partial charge in [-0.05, 0) is 148 Å². The van der Waals surface area contributed by atoms with Crippen molar-refractivity contribution >= 4 is 23.6 Å². The number of nitrogens with two attached hydrogens (primary N) is 1. The Labute approximate surface area is 654 Å². The number of carbonyl (C=O) groups is 4. The lowest BCUT2D eigenvalue weighted by molar-refractivity contribution is -0.123. The van der Waals surface area contributed by atoms with Crippen LogP contribution in [-0.4, -0.2) is 102 Å². The van der Waals surface area contributed by atoms with Crippen LogP contribution >= 0.6 is 0 Å². The van der Waals surface area contributed by atoms with E-state index in [0.717, 1.165) is 127 Å². The molecule has 0 aliphatic carbocycles. The summed E-state index contributed by atoms with van der Waals surface area (Å²) in [6, 6.07) is 20.3. The first-order valence-electron chi connectivity index (χ1n) is 42.5. The lowest BCUT2D eigenvalue weighted by Gasteiger charge is -2.20. The van der Waals surface area contributed by atoms with Crippen LogP contribution in [0.1, 0.15) is 327 Å². The second-order valence-electron chi connectivity index (χ2n) is 32.8. The van der Waals surface area contributed by atoms with E-state index in [1.165, 1.54) is 77.0 Å². The zero-order chi connectivity index (χ0) is 78.7. The van der Waals surface area contributed by atoms with Crippen molar-refractivity contribution in [2.45, 2.75) is 308 Å². The summed E-state index contributed by atoms with van der Waals surface area (Å²) in [6.07, 6.45) is 33.3. The number of amides is 4. The fourth-order valence-electron chi connectivity index (χ4n) is 12.6. The van der Waals surface area contributed by atoms with E-state index >= 15 is 0 Å². The number of carbonyl (C=O) groups excluding carboxylic acids is 4. The maximum atomic E-state index is 14.1. The van der Waals surface area contributed by atoms with E-state index in [1.54, 1.807) is 48.5 Å². The Morgan fingerprint density at radius 2 is 0.537 bits per heavy atom. The van der Waals surface area contributed by atoms with Crippen molar-refractivity contribution in [3.8, 4) is 46.0 Å². The predicted molar refractivity (Wildman–Crippen MR) is 443 cm³/mol. The van der Waals surface area contributed by atoms with E-state index in [2.05, 4.69) is 104 Å². The number of nitrogens with one attached hydrogen (secondary N) is 4. The van der Waals surface area contributed by atoms with Crippen LogP contribution in [-0.2, 0) is 9.59 Å². The molecule has 4 aromatic carbocycles. The molecule has 0 saturated carbocycles. The summed E-state index contributed by atoms with van der Waals surface area (Å²) in [6.45, 7) is 33.8. The maximum Gasteiger partial charge on any atom is 0.258 e. The van der Waals surface area contributed by atoms with E-state index in [-0.39, 0.29) is 49.9 Å². The predicted octanol–water partition coefficient (Wildman–Crippen LogP) is 21.3. The first kappa shape index (κ1) is 93.5. The number of hydrogen-bond acceptors (Lipinski definition) is 13. The van der Waals surface area contributed by atoms with Crippen molar-refractivity contribution in [3.63, 3.8) is 0 Å². The molecule has 17 nitrogen and oxygen atoms in total. The van der Waals surface area contributed by atoms with E-state index in [1.807, 2.05) is 38.1 Å². The normalized spacial score (nSPS) is 12.4. The summed E-state index contributed by atoms with van der Waals surface area (Å²) in [7, 11) is 0. The van der Waals surface area contributed by atoms with Crippen molar-refractivity contribution in [3.05, 3.63) is 95.1 Å². The highest BCUT2D eigenvalue weighted by atomic mass is 16.6. The zero-order valence-electron chi connectivity index (χ0n) is 69.9. The van der Waals surface area contributed by atoms with E-state index in [9.17, 15) is 19.2 Å². The molecule has 0 aromatic heterocycles. The highest BCUT2D eigenvalue weighted by Crippen LogP contribution is 2.42. The maximum absolute atomic E-state index is 14.1. The van der Waals surface area contributed by atoms with Crippen LogP contribution in [0.2, 0.25) is 0 Å². The molecular formula is C91H149N5O12. The largest absolute Gasteiger partial charge is 0.490 e. The van der Waals surface area contributed by atoms with Crippen molar-refractivity contribution < 1.29 is 57.1 Å². The first-order chi connectivity index (χ1) is 52.0. The quantitative estimate of drug-likeness (QED) is 0.0260. The van der Waals surface area contributed by atoms with Crippen LogP contribution in [0.25, 0.3) is 0 Å². The average Bonchev–Trinajstić information content (AvgIpc) is 0.819. The summed E-state index contributed by atoms with van der Waals surface area (Å²) in [5, 5.41) is 11.9. The Kier molecular flexibility index (Phi) is 48.8. The number of benzene rings is 4. The monoisotopic (exact) mass is 1500 g/mol. The van der Waals surface area contributed by atoms with Gasteiger partial charge < -0.3 is 64.9 Å². The van der Waals surface area contributed by atoms with Crippen molar-refractivity contribution in [2.24, 2.45) is 41.2 Å². The Morgan fingerprint density at radius 3 is 0.778 bits per heavy atom. The van der Waals surface area contributed by atoms with Crippen molar-refractivity contribution in [1.82, 2.24) is 21.3 Å². The van der Waals surface area contributed by atoms with Gasteiger partial charge in [0.05, 0.1) is 45.7 Å². The van der Waals surface area contributed by atoms with Gasteiger partial charge in [0.25, 0.3) is 23.6 Å². The van der Waals surface area contributed by atoms with Crippen LogP contribution in [0.15, 0.2) is 72.8 Å². The third-order valence-corrected chi connectivity index (χ3v) is 19.3. The molecule has 2 unspecified atom stereocenters. The molecule has 610 valence electrons. The minimum absolute atomic E-state index is 0.178. The van der Waals surface area contributed by atoms with Gasteiger partial charge in [-0.2, -0.15) is 0 Å². The molecule has 2 atom stereocenters. The van der Waals surface area contributed by atoms with Crippen LogP contribution in [0, 0.1) is 35.5 Å². The standard InChI is InChI=1S/C91H149N5O12/c1-67(2)39-27-15-21-33-53-101-81-59-77(60-82(102-54-34-22-16-28-40-68(3)4)88(81)105-57-37-25-19-31-43-71(9)10)90(99)95-73(13)63-93-85(97)65-107-79-49-45-75(46-50-79)87(92)76-47-51-80(52-48-76)108-66-86(98)94-64-74(14)96-91(100)78-61-83(103-55-35-23-17-29-41-69(5)6)89(106-58-38-26-20-32-44-72(11)12)84(62-78)104-56-36-24-18-30-42-70(7)8/h45-52,59-62,67-74,87H,15-44,53-58,63-66,92H2,1-14H3,(H,93,97)(H,94,98)(H,95,99)(H,96,100). The third-order valence-electron chi connectivity index (χ3n) is 19.3. The molecule has 0 aliphatic heterocycles.